The molecule has 0 fully saturated rings. The zero-order chi connectivity index (χ0) is 16.2. The van der Waals surface area contributed by atoms with Crippen LogP contribution in [-0.2, 0) is 14.8 Å². The number of carboxylic acids is 1. The molecule has 0 aliphatic carbocycles. The lowest BCUT2D eigenvalue weighted by Crippen LogP contribution is -2.41. The number of nitriles is 1. The Balaban J connectivity index is 3.11. The molecule has 7 nitrogen and oxygen atoms in total. The maximum atomic E-state index is 12.2. The summed E-state index contributed by atoms with van der Waals surface area (Å²) in [6.45, 7) is 5.18. The molecule has 21 heavy (non-hydrogen) atoms. The standard InChI is InChI=1S/C13H17N3O4S/c1-8(2)4-12(13(17)18)16-21(19,20)11-5-10(6-14)9(3)15-7-11/h5,7-8,12,16H,4H2,1-3H3,(H,17,18). The van der Waals surface area contributed by atoms with Gasteiger partial charge in [-0.15, -0.1) is 0 Å². The summed E-state index contributed by atoms with van der Waals surface area (Å²) in [5.41, 5.74) is 0.544. The molecule has 1 aromatic rings. The molecule has 0 aliphatic heterocycles. The van der Waals surface area contributed by atoms with Gasteiger partial charge in [-0.2, -0.15) is 9.98 Å². The van der Waals surface area contributed by atoms with E-state index in [2.05, 4.69) is 9.71 Å². The minimum absolute atomic E-state index is 0.0135. The molecule has 0 aliphatic rings. The number of hydrogen-bond donors (Lipinski definition) is 2. The van der Waals surface area contributed by atoms with Crippen LogP contribution in [0.3, 0.4) is 0 Å². The van der Waals surface area contributed by atoms with Crippen LogP contribution in [0.4, 0.5) is 0 Å². The Morgan fingerprint density at radius 1 is 1.52 bits per heavy atom. The zero-order valence-corrected chi connectivity index (χ0v) is 12.8. The Hall–Kier alpha value is -1.98. The molecular weight excluding hydrogens is 294 g/mol. The van der Waals surface area contributed by atoms with Crippen molar-refractivity contribution in [2.75, 3.05) is 0 Å². The van der Waals surface area contributed by atoms with Gasteiger partial charge < -0.3 is 5.11 Å². The number of aromatic nitrogens is 1. The lowest BCUT2D eigenvalue weighted by molar-refractivity contribution is -0.139. The van der Waals surface area contributed by atoms with E-state index >= 15 is 0 Å². The van der Waals surface area contributed by atoms with Crippen LogP contribution in [0.1, 0.15) is 31.5 Å². The van der Waals surface area contributed by atoms with E-state index in [0.29, 0.717) is 5.69 Å². The molecule has 0 aromatic carbocycles. The fourth-order valence-corrected chi connectivity index (χ4v) is 2.87. The second-order valence-corrected chi connectivity index (χ2v) is 6.77. The predicted molar refractivity (Wildman–Crippen MR) is 74.9 cm³/mol. The van der Waals surface area contributed by atoms with Crippen molar-refractivity contribution in [2.24, 2.45) is 5.92 Å². The first-order valence-electron chi connectivity index (χ1n) is 6.29. The molecular formula is C13H17N3O4S. The van der Waals surface area contributed by atoms with Crippen molar-refractivity contribution in [3.05, 3.63) is 23.5 Å². The lowest BCUT2D eigenvalue weighted by atomic mass is 10.1. The summed E-state index contributed by atoms with van der Waals surface area (Å²) in [6, 6.07) is 1.80. The molecule has 0 saturated heterocycles. The van der Waals surface area contributed by atoms with Crippen molar-refractivity contribution in [3.8, 4) is 6.07 Å². The highest BCUT2D eigenvalue weighted by Crippen LogP contribution is 2.14. The summed E-state index contributed by atoms with van der Waals surface area (Å²) >= 11 is 0. The first-order valence-corrected chi connectivity index (χ1v) is 7.77. The van der Waals surface area contributed by atoms with Crippen molar-refractivity contribution in [1.82, 2.24) is 9.71 Å². The van der Waals surface area contributed by atoms with E-state index in [0.717, 1.165) is 6.20 Å². The third-order valence-corrected chi connectivity index (χ3v) is 4.23. The largest absolute Gasteiger partial charge is 0.480 e. The summed E-state index contributed by atoms with van der Waals surface area (Å²) in [7, 11) is -4.04. The Morgan fingerprint density at radius 3 is 2.62 bits per heavy atom. The highest BCUT2D eigenvalue weighted by atomic mass is 32.2. The van der Waals surface area contributed by atoms with Gasteiger partial charge in [0.2, 0.25) is 10.0 Å². The summed E-state index contributed by atoms with van der Waals surface area (Å²) in [4.78, 5) is 14.7. The van der Waals surface area contributed by atoms with Crippen LogP contribution in [0.2, 0.25) is 0 Å². The molecule has 0 amide bonds. The average molecular weight is 311 g/mol. The third kappa shape index (κ3) is 4.51. The van der Waals surface area contributed by atoms with Gasteiger partial charge in [-0.1, -0.05) is 13.8 Å². The molecule has 0 radical (unpaired) electrons. The highest BCUT2D eigenvalue weighted by molar-refractivity contribution is 7.89. The Labute approximate surface area is 123 Å². The number of hydrogen-bond acceptors (Lipinski definition) is 5. The molecule has 0 saturated carbocycles. The number of nitrogens with one attached hydrogen (secondary N) is 1. The summed E-state index contributed by atoms with van der Waals surface area (Å²) in [6.07, 6.45) is 1.27. The van der Waals surface area contributed by atoms with E-state index in [9.17, 15) is 13.2 Å². The van der Waals surface area contributed by atoms with E-state index < -0.39 is 22.0 Å². The monoisotopic (exact) mass is 311 g/mol. The van der Waals surface area contributed by atoms with Crippen LogP contribution in [0.5, 0.6) is 0 Å². The first-order chi connectivity index (χ1) is 9.67. The van der Waals surface area contributed by atoms with Gasteiger partial charge in [0.15, 0.2) is 0 Å². The van der Waals surface area contributed by atoms with Crippen LogP contribution in [0.15, 0.2) is 17.2 Å². The van der Waals surface area contributed by atoms with Gasteiger partial charge in [0, 0.05) is 6.20 Å². The molecule has 2 N–H and O–H groups in total. The molecule has 1 rings (SSSR count). The Bertz CT molecular complexity index is 677. The van der Waals surface area contributed by atoms with Crippen LogP contribution >= 0.6 is 0 Å². The number of sulfonamides is 1. The topological polar surface area (TPSA) is 120 Å². The van der Waals surface area contributed by atoms with Gasteiger partial charge >= 0.3 is 5.97 Å². The minimum atomic E-state index is -4.04. The number of carbonyl (C=O) groups is 1. The van der Waals surface area contributed by atoms with Crippen molar-refractivity contribution in [3.63, 3.8) is 0 Å². The molecule has 1 atom stereocenters. The summed E-state index contributed by atoms with van der Waals surface area (Å²) < 4.78 is 26.5. The molecule has 1 unspecified atom stereocenters. The molecule has 1 aromatic heterocycles. The minimum Gasteiger partial charge on any atom is -0.480 e. The van der Waals surface area contributed by atoms with Crippen LogP contribution in [-0.4, -0.2) is 30.5 Å². The number of rotatable bonds is 6. The molecule has 0 bridgehead atoms. The van der Waals surface area contributed by atoms with Crippen molar-refractivity contribution >= 4 is 16.0 Å². The maximum absolute atomic E-state index is 12.2. The average Bonchev–Trinajstić information content (AvgIpc) is 2.37. The van der Waals surface area contributed by atoms with E-state index in [1.807, 2.05) is 6.07 Å². The van der Waals surface area contributed by atoms with Crippen LogP contribution in [0.25, 0.3) is 0 Å². The number of aliphatic carboxylic acids is 1. The van der Waals surface area contributed by atoms with Crippen molar-refractivity contribution in [1.29, 1.82) is 5.26 Å². The van der Waals surface area contributed by atoms with Crippen LogP contribution < -0.4 is 4.72 Å². The number of pyridine rings is 1. The van der Waals surface area contributed by atoms with Gasteiger partial charge in [0.1, 0.15) is 17.0 Å². The van der Waals surface area contributed by atoms with E-state index in [-0.39, 0.29) is 22.8 Å². The van der Waals surface area contributed by atoms with Gasteiger partial charge in [-0.3, -0.25) is 9.78 Å². The molecule has 1 heterocycles. The van der Waals surface area contributed by atoms with E-state index in [1.54, 1.807) is 20.8 Å². The lowest BCUT2D eigenvalue weighted by Gasteiger charge is -2.16. The molecule has 8 heteroatoms. The second kappa shape index (κ2) is 6.65. The highest BCUT2D eigenvalue weighted by Gasteiger charge is 2.26. The summed E-state index contributed by atoms with van der Waals surface area (Å²) in [5.74, 6) is -1.23. The SMILES string of the molecule is Cc1ncc(S(=O)(=O)NC(CC(C)C)C(=O)O)cc1C#N. The Morgan fingerprint density at radius 2 is 2.14 bits per heavy atom. The van der Waals surface area contributed by atoms with Gasteiger partial charge in [0.25, 0.3) is 0 Å². The quantitative estimate of drug-likeness (QED) is 0.809. The van der Waals surface area contributed by atoms with Gasteiger partial charge in [-0.05, 0) is 25.3 Å². The number of aryl methyl sites for hydroxylation is 1. The number of carboxylic acid groups (broad SMARTS) is 1. The smallest absolute Gasteiger partial charge is 0.321 e. The zero-order valence-electron chi connectivity index (χ0n) is 12.0. The fraction of sp³-hybridized carbons (Fsp3) is 0.462. The third-order valence-electron chi connectivity index (χ3n) is 2.80. The first kappa shape index (κ1) is 17.1. The molecule has 0 spiro atoms. The van der Waals surface area contributed by atoms with Crippen molar-refractivity contribution < 1.29 is 18.3 Å². The second-order valence-electron chi connectivity index (χ2n) is 5.06. The van der Waals surface area contributed by atoms with E-state index in [1.165, 1.54) is 6.07 Å². The van der Waals surface area contributed by atoms with E-state index in [4.69, 9.17) is 10.4 Å². The van der Waals surface area contributed by atoms with Gasteiger partial charge in [0.05, 0.1) is 11.3 Å². The van der Waals surface area contributed by atoms with Crippen molar-refractivity contribution in [2.45, 2.75) is 38.1 Å². The van der Waals surface area contributed by atoms with Gasteiger partial charge in [-0.25, -0.2) is 8.42 Å². The number of nitrogens with zero attached hydrogens (tertiary/aromatic N) is 2. The Kier molecular flexibility index (Phi) is 5.41. The van der Waals surface area contributed by atoms with Crippen LogP contribution in [0, 0.1) is 24.2 Å². The molecule has 114 valence electrons. The predicted octanol–water partition coefficient (Wildman–Crippen LogP) is 1.04. The summed E-state index contributed by atoms with van der Waals surface area (Å²) in [5, 5.41) is 18.0. The normalized spacial score (nSPS) is 12.9. The fourth-order valence-electron chi connectivity index (χ4n) is 1.70. The maximum Gasteiger partial charge on any atom is 0.321 e.